The second kappa shape index (κ2) is 5.03. The third-order valence-corrected chi connectivity index (χ3v) is 1.53. The number of hydrogen-bond acceptors (Lipinski definition) is 2. The Morgan fingerprint density at radius 1 is 1.50 bits per heavy atom. The summed E-state index contributed by atoms with van der Waals surface area (Å²) in [4.78, 5) is 10.4. The number of carbonyl (C=O) groups is 1. The van der Waals surface area contributed by atoms with Gasteiger partial charge in [-0.15, -0.1) is 0 Å². The molecule has 0 bridgehead atoms. The SMILES string of the molecule is CC(C)C(CO)NC(=O)C(F)F. The number of aliphatic hydroxyl groups is 1. The molecule has 2 N–H and O–H groups in total. The number of halogens is 2. The maximum Gasteiger partial charge on any atom is 0.315 e. The van der Waals surface area contributed by atoms with Gasteiger partial charge in [-0.25, -0.2) is 0 Å². The Kier molecular flexibility index (Phi) is 4.73. The van der Waals surface area contributed by atoms with Crippen molar-refractivity contribution in [3.05, 3.63) is 0 Å². The lowest BCUT2D eigenvalue weighted by atomic mass is 10.1. The van der Waals surface area contributed by atoms with E-state index < -0.39 is 18.4 Å². The molecule has 0 saturated heterocycles. The number of rotatable bonds is 4. The summed E-state index contributed by atoms with van der Waals surface area (Å²) >= 11 is 0. The number of amides is 1. The summed E-state index contributed by atoms with van der Waals surface area (Å²) in [5.41, 5.74) is 0. The largest absolute Gasteiger partial charge is 0.394 e. The predicted octanol–water partition coefficient (Wildman–Crippen LogP) is 0.385. The molecule has 0 aliphatic carbocycles. The first-order valence-corrected chi connectivity index (χ1v) is 3.68. The van der Waals surface area contributed by atoms with Crippen LogP contribution in [0.5, 0.6) is 0 Å². The van der Waals surface area contributed by atoms with Crippen molar-refractivity contribution >= 4 is 5.91 Å². The molecule has 12 heavy (non-hydrogen) atoms. The Bertz CT molecular complexity index is 150. The molecule has 0 aliphatic heterocycles. The predicted molar refractivity (Wildman–Crippen MR) is 39.9 cm³/mol. The van der Waals surface area contributed by atoms with Crippen molar-refractivity contribution in [1.29, 1.82) is 0 Å². The van der Waals surface area contributed by atoms with Gasteiger partial charge < -0.3 is 10.4 Å². The molecule has 1 atom stereocenters. The number of nitrogens with one attached hydrogen (secondary N) is 1. The zero-order valence-electron chi connectivity index (χ0n) is 7.05. The maximum absolute atomic E-state index is 11.7. The lowest BCUT2D eigenvalue weighted by molar-refractivity contribution is -0.133. The Balaban J connectivity index is 3.94. The quantitative estimate of drug-likeness (QED) is 0.659. The number of hydrogen-bond donors (Lipinski definition) is 2. The summed E-state index contributed by atoms with van der Waals surface area (Å²) < 4.78 is 23.4. The first-order valence-electron chi connectivity index (χ1n) is 3.68. The molecule has 0 aromatic carbocycles. The lowest BCUT2D eigenvalue weighted by Crippen LogP contribution is -2.43. The number of aliphatic hydroxyl groups excluding tert-OH is 1. The molecule has 0 radical (unpaired) electrons. The Morgan fingerprint density at radius 3 is 2.25 bits per heavy atom. The molecule has 0 spiro atoms. The summed E-state index contributed by atoms with van der Waals surface area (Å²) in [6.07, 6.45) is -3.02. The van der Waals surface area contributed by atoms with Gasteiger partial charge in [0.15, 0.2) is 0 Å². The summed E-state index contributed by atoms with van der Waals surface area (Å²) in [5, 5.41) is 10.7. The fraction of sp³-hybridized carbons (Fsp3) is 0.857. The second-order valence-electron chi connectivity index (χ2n) is 2.84. The average Bonchev–Trinajstić information content (AvgIpc) is 1.98. The van der Waals surface area contributed by atoms with E-state index in [-0.39, 0.29) is 12.5 Å². The van der Waals surface area contributed by atoms with Crippen LogP contribution in [0, 0.1) is 5.92 Å². The van der Waals surface area contributed by atoms with Gasteiger partial charge in [0.05, 0.1) is 12.6 Å². The Hall–Kier alpha value is -0.710. The zero-order chi connectivity index (χ0) is 9.72. The van der Waals surface area contributed by atoms with E-state index in [4.69, 9.17) is 5.11 Å². The van der Waals surface area contributed by atoms with E-state index in [9.17, 15) is 13.6 Å². The second-order valence-corrected chi connectivity index (χ2v) is 2.84. The number of alkyl halides is 2. The highest BCUT2D eigenvalue weighted by molar-refractivity contribution is 5.79. The highest BCUT2D eigenvalue weighted by Gasteiger charge is 2.20. The molecule has 72 valence electrons. The van der Waals surface area contributed by atoms with Gasteiger partial charge in [0, 0.05) is 0 Å². The standard InChI is InChI=1S/C7H13F2NO2/c1-4(2)5(3-11)10-7(12)6(8)9/h4-6,11H,3H2,1-2H3,(H,10,12). The minimum atomic E-state index is -3.02. The van der Waals surface area contributed by atoms with Crippen molar-refractivity contribution in [3.63, 3.8) is 0 Å². The summed E-state index contributed by atoms with van der Waals surface area (Å²) in [6.45, 7) is 3.13. The van der Waals surface area contributed by atoms with Crippen LogP contribution in [-0.4, -0.2) is 30.1 Å². The van der Waals surface area contributed by atoms with E-state index in [0.29, 0.717) is 0 Å². The van der Waals surface area contributed by atoms with Crippen molar-refractivity contribution in [3.8, 4) is 0 Å². The minimum absolute atomic E-state index is 0.0577. The molecule has 5 heteroatoms. The van der Waals surface area contributed by atoms with Crippen molar-refractivity contribution < 1.29 is 18.7 Å². The van der Waals surface area contributed by atoms with Crippen LogP contribution in [0.25, 0.3) is 0 Å². The lowest BCUT2D eigenvalue weighted by Gasteiger charge is -2.19. The highest BCUT2D eigenvalue weighted by Crippen LogP contribution is 2.01. The van der Waals surface area contributed by atoms with Crippen LogP contribution < -0.4 is 5.32 Å². The van der Waals surface area contributed by atoms with Crippen LogP contribution in [0.3, 0.4) is 0 Å². The van der Waals surface area contributed by atoms with Crippen molar-refractivity contribution in [2.24, 2.45) is 5.92 Å². The fourth-order valence-corrected chi connectivity index (χ4v) is 0.669. The summed E-state index contributed by atoms with van der Waals surface area (Å²) in [5.74, 6) is -1.39. The van der Waals surface area contributed by atoms with Gasteiger partial charge in [-0.05, 0) is 5.92 Å². The zero-order valence-corrected chi connectivity index (χ0v) is 7.05. The van der Waals surface area contributed by atoms with E-state index >= 15 is 0 Å². The Morgan fingerprint density at radius 2 is 2.00 bits per heavy atom. The van der Waals surface area contributed by atoms with Gasteiger partial charge in [0.1, 0.15) is 0 Å². The molecule has 0 aromatic rings. The van der Waals surface area contributed by atoms with Crippen LogP contribution in [0.15, 0.2) is 0 Å². The minimum Gasteiger partial charge on any atom is -0.394 e. The molecule has 3 nitrogen and oxygen atoms in total. The molecule has 0 heterocycles. The molecule has 1 unspecified atom stereocenters. The summed E-state index contributed by atoms with van der Waals surface area (Å²) in [7, 11) is 0. The molecular weight excluding hydrogens is 168 g/mol. The van der Waals surface area contributed by atoms with Crippen molar-refractivity contribution in [2.45, 2.75) is 26.3 Å². The van der Waals surface area contributed by atoms with Crippen LogP contribution >= 0.6 is 0 Å². The van der Waals surface area contributed by atoms with Crippen LogP contribution in [0.4, 0.5) is 8.78 Å². The number of carbonyl (C=O) groups excluding carboxylic acids is 1. The van der Waals surface area contributed by atoms with Gasteiger partial charge in [0.2, 0.25) is 0 Å². The first kappa shape index (κ1) is 11.3. The van der Waals surface area contributed by atoms with Crippen molar-refractivity contribution in [2.75, 3.05) is 6.61 Å². The van der Waals surface area contributed by atoms with E-state index in [1.807, 2.05) is 5.32 Å². The molecule has 0 aliphatic rings. The van der Waals surface area contributed by atoms with Crippen molar-refractivity contribution in [1.82, 2.24) is 5.32 Å². The van der Waals surface area contributed by atoms with E-state index in [0.717, 1.165) is 0 Å². The van der Waals surface area contributed by atoms with Gasteiger partial charge in [0.25, 0.3) is 5.91 Å². The van der Waals surface area contributed by atoms with Crippen LogP contribution in [-0.2, 0) is 4.79 Å². The molecule has 0 saturated carbocycles. The molecular formula is C7H13F2NO2. The smallest absolute Gasteiger partial charge is 0.315 e. The fourth-order valence-electron chi connectivity index (χ4n) is 0.669. The maximum atomic E-state index is 11.7. The molecule has 1 amide bonds. The van der Waals surface area contributed by atoms with E-state index in [1.54, 1.807) is 13.8 Å². The van der Waals surface area contributed by atoms with E-state index in [2.05, 4.69) is 0 Å². The monoisotopic (exact) mass is 181 g/mol. The topological polar surface area (TPSA) is 49.3 Å². The van der Waals surface area contributed by atoms with Gasteiger partial charge in [-0.1, -0.05) is 13.8 Å². The third kappa shape index (κ3) is 3.61. The molecule has 0 rings (SSSR count). The van der Waals surface area contributed by atoms with E-state index in [1.165, 1.54) is 0 Å². The Labute approximate surface area is 69.8 Å². The van der Waals surface area contributed by atoms with Gasteiger partial charge in [-0.2, -0.15) is 8.78 Å². The molecule has 0 aromatic heterocycles. The highest BCUT2D eigenvalue weighted by atomic mass is 19.3. The van der Waals surface area contributed by atoms with Crippen LogP contribution in [0.2, 0.25) is 0 Å². The first-order chi connectivity index (χ1) is 5.49. The van der Waals surface area contributed by atoms with Gasteiger partial charge >= 0.3 is 6.43 Å². The van der Waals surface area contributed by atoms with Crippen LogP contribution in [0.1, 0.15) is 13.8 Å². The normalized spacial score (nSPS) is 13.6. The third-order valence-electron chi connectivity index (χ3n) is 1.53. The summed E-state index contributed by atoms with van der Waals surface area (Å²) in [6, 6.07) is -0.591. The van der Waals surface area contributed by atoms with Gasteiger partial charge in [-0.3, -0.25) is 4.79 Å². The average molecular weight is 181 g/mol. The molecule has 0 fully saturated rings.